The third-order valence-electron chi connectivity index (χ3n) is 4.93. The van der Waals surface area contributed by atoms with Gasteiger partial charge in [0.15, 0.2) is 5.78 Å². The highest BCUT2D eigenvalue weighted by atomic mass is 35.5. The number of carbonyl (C=O) groups is 2. The van der Waals surface area contributed by atoms with Gasteiger partial charge < -0.3 is 10.0 Å². The number of aryl methyl sites for hydroxylation is 1. The van der Waals surface area contributed by atoms with Crippen LogP contribution >= 0.6 is 22.9 Å². The van der Waals surface area contributed by atoms with Crippen molar-refractivity contribution in [1.82, 2.24) is 19.9 Å². The van der Waals surface area contributed by atoms with Gasteiger partial charge in [-0.05, 0) is 31.7 Å². The SMILES string of the molecule is C[C@H]1CC(c2sc(Cl)cc2C(=O)CO)C[C@@H](c2cn(C)nn2)N1C(=O)C(F)(F)F. The van der Waals surface area contributed by atoms with Crippen molar-refractivity contribution >= 4 is 34.6 Å². The van der Waals surface area contributed by atoms with Gasteiger partial charge in [0.05, 0.1) is 16.6 Å². The third kappa shape index (κ3) is 4.31. The summed E-state index contributed by atoms with van der Waals surface area (Å²) in [6.07, 6.45) is -3.22. The zero-order valence-corrected chi connectivity index (χ0v) is 17.1. The topological polar surface area (TPSA) is 88.3 Å². The van der Waals surface area contributed by atoms with E-state index in [1.54, 1.807) is 7.05 Å². The van der Waals surface area contributed by atoms with Gasteiger partial charge in [0, 0.05) is 23.5 Å². The van der Waals surface area contributed by atoms with Crippen molar-refractivity contribution in [2.75, 3.05) is 6.61 Å². The van der Waals surface area contributed by atoms with Crippen molar-refractivity contribution in [2.24, 2.45) is 7.05 Å². The zero-order valence-electron chi connectivity index (χ0n) is 15.5. The predicted octanol–water partition coefficient (Wildman–Crippen LogP) is 3.10. The van der Waals surface area contributed by atoms with Crippen molar-refractivity contribution < 1.29 is 27.9 Å². The van der Waals surface area contributed by atoms with Gasteiger partial charge in [0.2, 0.25) is 0 Å². The van der Waals surface area contributed by atoms with E-state index in [4.69, 9.17) is 11.6 Å². The lowest BCUT2D eigenvalue weighted by atomic mass is 9.82. The van der Waals surface area contributed by atoms with Crippen LogP contribution in [-0.2, 0) is 11.8 Å². The van der Waals surface area contributed by atoms with E-state index in [1.165, 1.54) is 23.9 Å². The smallest absolute Gasteiger partial charge is 0.388 e. The first-order chi connectivity index (χ1) is 13.5. The fourth-order valence-corrected chi connectivity index (χ4v) is 5.16. The molecule has 0 aromatic carbocycles. The molecule has 7 nitrogen and oxygen atoms in total. The zero-order chi connectivity index (χ0) is 21.5. The van der Waals surface area contributed by atoms with Crippen molar-refractivity contribution in [3.8, 4) is 0 Å². The molecular weight excluding hydrogens is 433 g/mol. The molecule has 158 valence electrons. The first-order valence-corrected chi connectivity index (χ1v) is 9.91. The molecule has 2 aromatic rings. The van der Waals surface area contributed by atoms with E-state index in [1.807, 2.05) is 0 Å². The Morgan fingerprint density at radius 2 is 2.07 bits per heavy atom. The van der Waals surface area contributed by atoms with Crippen LogP contribution in [-0.4, -0.2) is 55.5 Å². The Morgan fingerprint density at radius 3 is 2.62 bits per heavy atom. The molecule has 1 fully saturated rings. The molecule has 12 heteroatoms. The number of halogens is 4. The Hall–Kier alpha value is -1.98. The van der Waals surface area contributed by atoms with Crippen LogP contribution in [0.4, 0.5) is 13.2 Å². The first kappa shape index (κ1) is 21.7. The summed E-state index contributed by atoms with van der Waals surface area (Å²) in [5.74, 6) is -2.78. The molecule has 1 N–H and O–H groups in total. The summed E-state index contributed by atoms with van der Waals surface area (Å²) in [4.78, 5) is 25.6. The third-order valence-corrected chi connectivity index (χ3v) is 6.35. The van der Waals surface area contributed by atoms with Gasteiger partial charge in [-0.2, -0.15) is 13.2 Å². The van der Waals surface area contributed by atoms with Crippen molar-refractivity contribution in [2.45, 2.75) is 43.9 Å². The Morgan fingerprint density at radius 1 is 1.38 bits per heavy atom. The highest BCUT2D eigenvalue weighted by Gasteiger charge is 2.50. The van der Waals surface area contributed by atoms with E-state index < -0.39 is 36.6 Å². The number of nitrogens with zero attached hydrogens (tertiary/aromatic N) is 4. The van der Waals surface area contributed by atoms with Gasteiger partial charge in [0.25, 0.3) is 0 Å². The second kappa shape index (κ2) is 8.04. The summed E-state index contributed by atoms with van der Waals surface area (Å²) in [6, 6.07) is -0.285. The molecule has 1 saturated heterocycles. The van der Waals surface area contributed by atoms with Gasteiger partial charge in [-0.1, -0.05) is 16.8 Å². The molecule has 0 spiro atoms. The maximum absolute atomic E-state index is 13.2. The van der Waals surface area contributed by atoms with Crippen molar-refractivity contribution in [3.05, 3.63) is 32.7 Å². The molecule has 29 heavy (non-hydrogen) atoms. The van der Waals surface area contributed by atoms with E-state index in [-0.39, 0.29) is 30.0 Å². The maximum atomic E-state index is 13.2. The van der Waals surface area contributed by atoms with Crippen LogP contribution in [0.5, 0.6) is 0 Å². The second-order valence-corrected chi connectivity index (χ2v) is 8.69. The summed E-state index contributed by atoms with van der Waals surface area (Å²) in [5.41, 5.74) is 0.493. The normalized spacial score (nSPS) is 22.7. The summed E-state index contributed by atoms with van der Waals surface area (Å²) in [7, 11) is 1.58. The van der Waals surface area contributed by atoms with Gasteiger partial charge >= 0.3 is 12.1 Å². The molecule has 0 aliphatic carbocycles. The van der Waals surface area contributed by atoms with Crippen LogP contribution in [0.2, 0.25) is 4.34 Å². The summed E-state index contributed by atoms with van der Waals surface area (Å²) < 4.78 is 41.4. The molecule has 1 aliphatic heterocycles. The van der Waals surface area contributed by atoms with Gasteiger partial charge in [0.1, 0.15) is 12.3 Å². The molecular formula is C17H18ClF3N4O3S. The maximum Gasteiger partial charge on any atom is 0.471 e. The van der Waals surface area contributed by atoms with Crippen LogP contribution in [0.25, 0.3) is 0 Å². The van der Waals surface area contributed by atoms with Gasteiger partial charge in [-0.25, -0.2) is 0 Å². The molecule has 1 amide bonds. The minimum Gasteiger partial charge on any atom is -0.388 e. The molecule has 2 aromatic heterocycles. The molecule has 0 bridgehead atoms. The number of hydrogen-bond acceptors (Lipinski definition) is 6. The number of alkyl halides is 3. The molecule has 1 unspecified atom stereocenters. The van der Waals surface area contributed by atoms with E-state index in [0.717, 1.165) is 16.2 Å². The summed E-state index contributed by atoms with van der Waals surface area (Å²) in [5, 5.41) is 16.9. The largest absolute Gasteiger partial charge is 0.471 e. The molecule has 3 atom stereocenters. The number of rotatable bonds is 4. The monoisotopic (exact) mass is 450 g/mol. The second-order valence-electron chi connectivity index (χ2n) is 6.97. The van der Waals surface area contributed by atoms with Crippen LogP contribution in [0.1, 0.15) is 52.7 Å². The lowest BCUT2D eigenvalue weighted by molar-refractivity contribution is -0.192. The van der Waals surface area contributed by atoms with Crippen LogP contribution in [0.3, 0.4) is 0 Å². The lowest BCUT2D eigenvalue weighted by Crippen LogP contribution is -2.51. The lowest BCUT2D eigenvalue weighted by Gasteiger charge is -2.43. The molecule has 3 heterocycles. The number of carbonyl (C=O) groups excluding carboxylic acids is 2. The Labute approximate surface area is 173 Å². The van der Waals surface area contributed by atoms with Gasteiger partial charge in [-0.15, -0.1) is 16.4 Å². The fourth-order valence-electron chi connectivity index (χ4n) is 3.78. The quantitative estimate of drug-likeness (QED) is 0.723. The summed E-state index contributed by atoms with van der Waals surface area (Å²) >= 11 is 7.21. The number of piperidine rings is 1. The first-order valence-electron chi connectivity index (χ1n) is 8.71. The van der Waals surface area contributed by atoms with Crippen LogP contribution in [0.15, 0.2) is 12.3 Å². The number of thiophene rings is 1. The number of hydrogen-bond donors (Lipinski definition) is 1. The van der Waals surface area contributed by atoms with Crippen molar-refractivity contribution in [1.29, 1.82) is 0 Å². The number of aliphatic hydroxyl groups excluding tert-OH is 1. The standard InChI is InChI=1S/C17H18ClF3N4O3S/c1-8-3-9(15-10(13(27)7-26)5-14(18)29-15)4-12(11-6-24(2)23-22-11)25(8)16(28)17(19,20)21/h5-6,8-9,12,26H,3-4,7H2,1-2H3/t8-,9?,12-/m0/s1. The van der Waals surface area contributed by atoms with Crippen molar-refractivity contribution in [3.63, 3.8) is 0 Å². The number of Topliss-reactive ketones (excluding diaryl/α,β-unsaturated/α-hetero) is 1. The molecule has 1 aliphatic rings. The highest BCUT2D eigenvalue weighted by molar-refractivity contribution is 7.16. The number of ketones is 1. The number of likely N-dealkylation sites (tertiary alicyclic amines) is 1. The van der Waals surface area contributed by atoms with Crippen LogP contribution in [0, 0.1) is 0 Å². The van der Waals surface area contributed by atoms with E-state index >= 15 is 0 Å². The van der Waals surface area contributed by atoms with E-state index in [2.05, 4.69) is 10.3 Å². The number of amides is 1. The molecule has 0 radical (unpaired) electrons. The minimum atomic E-state index is -5.02. The Kier molecular flexibility index (Phi) is 6.02. The van der Waals surface area contributed by atoms with Crippen LogP contribution < -0.4 is 0 Å². The average Bonchev–Trinajstić information content (AvgIpc) is 3.24. The number of aliphatic hydroxyl groups is 1. The van der Waals surface area contributed by atoms with E-state index in [0.29, 0.717) is 9.21 Å². The summed E-state index contributed by atoms with van der Waals surface area (Å²) in [6.45, 7) is 0.830. The predicted molar refractivity (Wildman–Crippen MR) is 98.8 cm³/mol. The Bertz CT molecular complexity index is 929. The molecule has 3 rings (SSSR count). The highest BCUT2D eigenvalue weighted by Crippen LogP contribution is 2.46. The molecule has 0 saturated carbocycles. The average molecular weight is 451 g/mol. The number of aromatic nitrogens is 3. The van der Waals surface area contributed by atoms with E-state index in [9.17, 15) is 27.9 Å². The minimum absolute atomic E-state index is 0.118. The Balaban J connectivity index is 2.02. The van der Waals surface area contributed by atoms with Gasteiger partial charge in [-0.3, -0.25) is 14.3 Å². The fraction of sp³-hybridized carbons (Fsp3) is 0.529.